The van der Waals surface area contributed by atoms with Gasteiger partial charge in [-0.05, 0) is 54.6 Å². The van der Waals surface area contributed by atoms with Crippen LogP contribution in [0.4, 0.5) is 11.4 Å². The summed E-state index contributed by atoms with van der Waals surface area (Å²) in [5.74, 6) is 0. The van der Waals surface area contributed by atoms with Crippen LogP contribution in [0.25, 0.3) is 12.2 Å². The van der Waals surface area contributed by atoms with E-state index in [4.69, 9.17) is 0 Å². The number of aliphatic hydroxyl groups is 1. The van der Waals surface area contributed by atoms with Gasteiger partial charge in [-0.15, -0.1) is 12.4 Å². The van der Waals surface area contributed by atoms with Crippen LogP contribution in [-0.2, 0) is 6.42 Å². The Morgan fingerprint density at radius 2 is 1.24 bits per heavy atom. The van der Waals surface area contributed by atoms with Gasteiger partial charge in [-0.25, -0.2) is 0 Å². The molecule has 0 bridgehead atoms. The smallest absolute Gasteiger partial charge is 0.0712 e. The number of halogens is 1. The monoisotopic (exact) mass is 478 g/mol. The van der Waals surface area contributed by atoms with E-state index >= 15 is 0 Å². The van der Waals surface area contributed by atoms with E-state index in [9.17, 15) is 5.11 Å². The van der Waals surface area contributed by atoms with E-state index in [2.05, 4.69) is 94.7 Å². The van der Waals surface area contributed by atoms with Crippen LogP contribution in [0.1, 0.15) is 36.0 Å². The zero-order chi connectivity index (χ0) is 21.8. The first-order valence-electron chi connectivity index (χ1n) is 11.8. The van der Waals surface area contributed by atoms with Crippen molar-refractivity contribution in [1.82, 2.24) is 4.90 Å². The van der Waals surface area contributed by atoms with Crippen LogP contribution in [0, 0.1) is 0 Å². The summed E-state index contributed by atoms with van der Waals surface area (Å²) in [5.41, 5.74) is 5.77. The molecule has 1 saturated heterocycles. The van der Waals surface area contributed by atoms with Crippen molar-refractivity contribution in [2.45, 2.75) is 31.3 Å². The van der Waals surface area contributed by atoms with Crippen LogP contribution in [0.5, 0.6) is 0 Å². The Labute approximate surface area is 209 Å². The summed E-state index contributed by atoms with van der Waals surface area (Å²) < 4.78 is 0. The van der Waals surface area contributed by atoms with Gasteiger partial charge in [0.25, 0.3) is 0 Å². The molecule has 4 nitrogen and oxygen atoms in total. The van der Waals surface area contributed by atoms with E-state index in [1.165, 1.54) is 28.1 Å². The summed E-state index contributed by atoms with van der Waals surface area (Å²) in [5, 5.41) is 11.1. The van der Waals surface area contributed by atoms with E-state index in [0.29, 0.717) is 0 Å². The minimum Gasteiger partial charge on any atom is -0.412 e. The molecule has 2 aliphatic rings. The van der Waals surface area contributed by atoms with E-state index < -0.39 is 5.60 Å². The molecule has 2 aliphatic heterocycles. The molecule has 0 aliphatic carbocycles. The van der Waals surface area contributed by atoms with Crippen LogP contribution < -0.4 is 4.90 Å². The molecule has 34 heavy (non-hydrogen) atoms. The first-order chi connectivity index (χ1) is 15.7. The summed E-state index contributed by atoms with van der Waals surface area (Å²) in [6, 6.07) is 27.7. The third-order valence-corrected chi connectivity index (χ3v) is 6.92. The zero-order valence-corrected chi connectivity index (χ0v) is 20.4. The molecule has 0 aromatic heterocycles. The zero-order valence-electron chi connectivity index (χ0n) is 19.6. The van der Waals surface area contributed by atoms with Gasteiger partial charge >= 0.3 is 0 Å². The molecule has 0 saturated carbocycles. The number of piperidine rings is 1. The number of benzene rings is 3. The number of nitrogens with zero attached hydrogens (tertiary/aromatic N) is 2. The minimum absolute atomic E-state index is 0. The highest BCUT2D eigenvalue weighted by atomic mass is 35.5. The van der Waals surface area contributed by atoms with Gasteiger partial charge in [-0.1, -0.05) is 78.9 Å². The molecule has 1 fully saturated rings. The predicted octanol–water partition coefficient (Wildman–Crippen LogP) is 5.37. The highest BCUT2D eigenvalue weighted by Gasteiger charge is 2.32. The van der Waals surface area contributed by atoms with Crippen LogP contribution in [0.2, 0.25) is 0 Å². The third-order valence-electron chi connectivity index (χ3n) is 6.92. The second-order valence-corrected chi connectivity index (χ2v) is 9.18. The van der Waals surface area contributed by atoms with Gasteiger partial charge in [-0.3, -0.25) is 0 Å². The number of hydrogen-bond acceptors (Lipinski definition) is 3. The Hall–Kier alpha value is -2.63. The van der Waals surface area contributed by atoms with Crippen molar-refractivity contribution in [3.05, 3.63) is 95.6 Å². The lowest BCUT2D eigenvalue weighted by Gasteiger charge is -2.38. The summed E-state index contributed by atoms with van der Waals surface area (Å²) in [4.78, 5) is 4.99. The Morgan fingerprint density at radius 1 is 0.706 bits per heavy atom. The molecule has 5 heteroatoms. The molecule has 3 aromatic rings. The number of hydrogen-bond donors (Lipinski definition) is 1. The molecule has 180 valence electrons. The molecule has 0 spiro atoms. The Kier molecular flexibility index (Phi) is 8.92. The van der Waals surface area contributed by atoms with Crippen molar-refractivity contribution in [3.8, 4) is 0 Å². The SMILES string of the molecule is Cl.O.OC1(Cc2ccccc2)CCN(CCCN2c3ccccc3C=Cc3ccccc32)CC1. The Balaban J connectivity index is 0.00000162. The molecule has 0 unspecified atom stereocenters. The first-order valence-corrected chi connectivity index (χ1v) is 11.8. The Morgan fingerprint density at radius 3 is 1.82 bits per heavy atom. The highest BCUT2D eigenvalue weighted by molar-refractivity contribution is 5.88. The number of rotatable bonds is 6. The largest absolute Gasteiger partial charge is 0.412 e. The maximum atomic E-state index is 11.1. The highest BCUT2D eigenvalue weighted by Crippen LogP contribution is 2.36. The summed E-state index contributed by atoms with van der Waals surface area (Å²) >= 11 is 0. The molecule has 0 atom stereocenters. The lowest BCUT2D eigenvalue weighted by Crippen LogP contribution is -2.46. The van der Waals surface area contributed by atoms with Gasteiger partial charge < -0.3 is 20.4 Å². The maximum absolute atomic E-state index is 11.1. The summed E-state index contributed by atoms with van der Waals surface area (Å²) in [6.07, 6.45) is 8.01. The van der Waals surface area contributed by atoms with Crippen molar-refractivity contribution in [2.75, 3.05) is 31.1 Å². The lowest BCUT2D eigenvalue weighted by atomic mass is 9.85. The molecule has 0 radical (unpaired) electrons. The molecule has 0 amide bonds. The quantitative estimate of drug-likeness (QED) is 0.518. The molecular formula is C29H35ClN2O2. The van der Waals surface area contributed by atoms with Gasteiger partial charge in [0.1, 0.15) is 0 Å². The van der Waals surface area contributed by atoms with Crippen LogP contribution in [0.15, 0.2) is 78.9 Å². The van der Waals surface area contributed by atoms with E-state index in [1.807, 2.05) is 6.07 Å². The fraction of sp³-hybridized carbons (Fsp3) is 0.310. The third kappa shape index (κ3) is 5.89. The predicted molar refractivity (Wildman–Crippen MR) is 145 cm³/mol. The number of fused-ring (bicyclic) bond motifs is 2. The molecule has 3 N–H and O–H groups in total. The van der Waals surface area contributed by atoms with E-state index in [1.54, 1.807) is 0 Å². The fourth-order valence-corrected chi connectivity index (χ4v) is 5.10. The average Bonchev–Trinajstić information content (AvgIpc) is 2.98. The fourth-order valence-electron chi connectivity index (χ4n) is 5.10. The first kappa shape index (κ1) is 26.0. The van der Waals surface area contributed by atoms with Gasteiger partial charge in [0, 0.05) is 37.4 Å². The summed E-state index contributed by atoms with van der Waals surface area (Å²) in [6.45, 7) is 3.99. The number of likely N-dealkylation sites (tertiary alicyclic amines) is 1. The van der Waals surface area contributed by atoms with Crippen molar-refractivity contribution >= 4 is 35.9 Å². The molecule has 2 heterocycles. The summed E-state index contributed by atoms with van der Waals surface area (Å²) in [7, 11) is 0. The van der Waals surface area contributed by atoms with Crippen molar-refractivity contribution in [3.63, 3.8) is 0 Å². The average molecular weight is 479 g/mol. The standard InChI is InChI=1S/C29H32N2O.ClH.H2O/c32-29(23-24-9-2-1-3-10-24)17-21-30(22-18-29)19-8-20-31-27-13-6-4-11-25(27)15-16-26-12-5-7-14-28(26)31;;/h1-7,9-16,32H,8,17-23H2;1H;1H2. The second-order valence-electron chi connectivity index (χ2n) is 9.18. The van der Waals surface area contributed by atoms with Crippen molar-refractivity contribution in [1.29, 1.82) is 0 Å². The van der Waals surface area contributed by atoms with Gasteiger partial charge in [-0.2, -0.15) is 0 Å². The molecular weight excluding hydrogens is 444 g/mol. The van der Waals surface area contributed by atoms with Crippen molar-refractivity contribution < 1.29 is 10.6 Å². The van der Waals surface area contributed by atoms with Crippen LogP contribution >= 0.6 is 12.4 Å². The maximum Gasteiger partial charge on any atom is 0.0712 e. The molecule has 3 aromatic carbocycles. The van der Waals surface area contributed by atoms with Crippen LogP contribution in [-0.4, -0.2) is 47.3 Å². The van der Waals surface area contributed by atoms with Gasteiger partial charge in [0.2, 0.25) is 0 Å². The second kappa shape index (κ2) is 11.7. The van der Waals surface area contributed by atoms with Crippen molar-refractivity contribution in [2.24, 2.45) is 0 Å². The topological polar surface area (TPSA) is 58.2 Å². The molecule has 5 rings (SSSR count). The van der Waals surface area contributed by atoms with E-state index in [0.717, 1.165) is 51.9 Å². The van der Waals surface area contributed by atoms with E-state index in [-0.39, 0.29) is 17.9 Å². The number of para-hydroxylation sites is 2. The Bertz CT molecular complexity index is 1030. The minimum atomic E-state index is -0.563. The lowest BCUT2D eigenvalue weighted by molar-refractivity contribution is -0.0206. The van der Waals surface area contributed by atoms with Crippen LogP contribution in [0.3, 0.4) is 0 Å². The van der Waals surface area contributed by atoms with Gasteiger partial charge in [0.15, 0.2) is 0 Å². The number of anilines is 2. The van der Waals surface area contributed by atoms with Gasteiger partial charge in [0.05, 0.1) is 5.60 Å². The normalized spacial score (nSPS) is 16.4.